The van der Waals surface area contributed by atoms with E-state index in [4.69, 9.17) is 18.9 Å². The number of ether oxygens (including phenoxy) is 4. The van der Waals surface area contributed by atoms with Gasteiger partial charge in [0.25, 0.3) is 0 Å². The largest absolute Gasteiger partial charge is 0.496 e. The number of halogens is 1. The number of guanidine groups is 1. The Balaban J connectivity index is 0.00000341. The molecule has 0 aliphatic carbocycles. The number of nitrogens with zero attached hydrogens (tertiary/aromatic N) is 1. The van der Waals surface area contributed by atoms with Crippen LogP contribution in [0.15, 0.2) is 41.4 Å². The first-order chi connectivity index (χ1) is 14.6. The Labute approximate surface area is 199 Å². The van der Waals surface area contributed by atoms with Gasteiger partial charge in [-0.15, -0.1) is 24.0 Å². The maximum absolute atomic E-state index is 12.0. The van der Waals surface area contributed by atoms with Crippen LogP contribution in [0, 0.1) is 0 Å². The fraction of sp³-hybridized carbons (Fsp3) is 0.364. The molecule has 8 nitrogen and oxygen atoms in total. The lowest BCUT2D eigenvalue weighted by atomic mass is 10.1. The minimum Gasteiger partial charge on any atom is -0.496 e. The fourth-order valence-corrected chi connectivity index (χ4v) is 2.98. The number of methoxy groups -OCH3 is 2. The van der Waals surface area contributed by atoms with Crippen molar-refractivity contribution in [2.24, 2.45) is 4.99 Å². The Bertz CT molecular complexity index is 920. The van der Waals surface area contributed by atoms with Crippen LogP contribution in [0.3, 0.4) is 0 Å². The molecule has 1 heterocycles. The number of fused-ring (bicyclic) bond motifs is 1. The molecule has 0 atom stereocenters. The van der Waals surface area contributed by atoms with Crippen molar-refractivity contribution in [1.29, 1.82) is 0 Å². The molecular weight excluding hydrogens is 513 g/mol. The van der Waals surface area contributed by atoms with Crippen LogP contribution < -0.4 is 24.8 Å². The van der Waals surface area contributed by atoms with Crippen molar-refractivity contribution in [2.45, 2.75) is 19.9 Å². The second kappa shape index (κ2) is 12.2. The molecule has 0 saturated heterocycles. The maximum Gasteiger partial charge on any atom is 0.341 e. The SMILES string of the molecule is CCNC(=NCc1ccc(OC)c(C(=O)OC)c1)Nc1ccc2c(c1)OCCCO2.I. The summed E-state index contributed by atoms with van der Waals surface area (Å²) in [7, 11) is 2.86. The van der Waals surface area contributed by atoms with Gasteiger partial charge in [0.15, 0.2) is 17.5 Å². The molecule has 3 rings (SSSR count). The molecule has 0 amide bonds. The van der Waals surface area contributed by atoms with E-state index in [0.29, 0.717) is 49.3 Å². The summed E-state index contributed by atoms with van der Waals surface area (Å²) in [6, 6.07) is 11.0. The van der Waals surface area contributed by atoms with E-state index in [2.05, 4.69) is 15.6 Å². The lowest BCUT2D eigenvalue weighted by molar-refractivity contribution is 0.0597. The first-order valence-electron chi connectivity index (χ1n) is 9.84. The Morgan fingerprint density at radius 3 is 2.58 bits per heavy atom. The van der Waals surface area contributed by atoms with Gasteiger partial charge in [-0.2, -0.15) is 0 Å². The summed E-state index contributed by atoms with van der Waals surface area (Å²) >= 11 is 0. The summed E-state index contributed by atoms with van der Waals surface area (Å²) in [5.41, 5.74) is 2.06. The molecule has 0 saturated carbocycles. The monoisotopic (exact) mass is 541 g/mol. The zero-order valence-corrected chi connectivity index (χ0v) is 20.2. The number of hydrogen-bond acceptors (Lipinski definition) is 6. The average molecular weight is 541 g/mol. The van der Waals surface area contributed by atoms with Crippen LogP contribution >= 0.6 is 24.0 Å². The van der Waals surface area contributed by atoms with Crippen molar-refractivity contribution < 1.29 is 23.7 Å². The van der Waals surface area contributed by atoms with Gasteiger partial charge in [-0.1, -0.05) is 6.07 Å². The lowest BCUT2D eigenvalue weighted by Gasteiger charge is -2.14. The first-order valence-corrected chi connectivity index (χ1v) is 9.84. The smallest absolute Gasteiger partial charge is 0.341 e. The van der Waals surface area contributed by atoms with Gasteiger partial charge in [0.2, 0.25) is 0 Å². The molecule has 168 valence electrons. The molecule has 0 fully saturated rings. The van der Waals surface area contributed by atoms with Gasteiger partial charge in [0, 0.05) is 24.7 Å². The Morgan fingerprint density at radius 1 is 1.10 bits per heavy atom. The number of rotatable bonds is 6. The number of carbonyl (C=O) groups is 1. The fourth-order valence-electron chi connectivity index (χ4n) is 2.98. The van der Waals surface area contributed by atoms with Crippen molar-refractivity contribution in [3.05, 3.63) is 47.5 Å². The molecule has 0 aromatic heterocycles. The topological polar surface area (TPSA) is 90.4 Å². The Hall–Kier alpha value is -2.69. The summed E-state index contributed by atoms with van der Waals surface area (Å²) < 4.78 is 21.5. The third kappa shape index (κ3) is 6.65. The maximum atomic E-state index is 12.0. The van der Waals surface area contributed by atoms with Crippen LogP contribution in [-0.4, -0.2) is 45.9 Å². The van der Waals surface area contributed by atoms with Crippen molar-refractivity contribution in [2.75, 3.05) is 39.3 Å². The van der Waals surface area contributed by atoms with Crippen molar-refractivity contribution in [1.82, 2.24) is 5.32 Å². The van der Waals surface area contributed by atoms with Crippen LogP contribution in [0.5, 0.6) is 17.2 Å². The van der Waals surface area contributed by atoms with E-state index in [1.165, 1.54) is 14.2 Å². The number of anilines is 1. The van der Waals surface area contributed by atoms with Crippen LogP contribution in [0.25, 0.3) is 0 Å². The van der Waals surface area contributed by atoms with E-state index in [1.54, 1.807) is 12.1 Å². The van der Waals surface area contributed by atoms with Crippen LogP contribution in [0.1, 0.15) is 29.3 Å². The van der Waals surface area contributed by atoms with Gasteiger partial charge in [-0.25, -0.2) is 9.79 Å². The minimum atomic E-state index is -0.449. The highest BCUT2D eigenvalue weighted by Crippen LogP contribution is 2.32. The number of nitrogens with one attached hydrogen (secondary N) is 2. The van der Waals surface area contributed by atoms with Crippen molar-refractivity contribution in [3.63, 3.8) is 0 Å². The van der Waals surface area contributed by atoms with Crippen molar-refractivity contribution >= 4 is 41.6 Å². The van der Waals surface area contributed by atoms with Gasteiger partial charge in [-0.3, -0.25) is 0 Å². The highest BCUT2D eigenvalue weighted by Gasteiger charge is 2.14. The van der Waals surface area contributed by atoms with E-state index in [9.17, 15) is 4.79 Å². The molecule has 2 N–H and O–H groups in total. The molecule has 0 radical (unpaired) electrons. The van der Waals surface area contributed by atoms with Gasteiger partial charge in [0.05, 0.1) is 34.0 Å². The number of esters is 1. The molecular formula is C22H28IN3O5. The average Bonchev–Trinajstić information content (AvgIpc) is 3.02. The van der Waals surface area contributed by atoms with E-state index < -0.39 is 5.97 Å². The highest BCUT2D eigenvalue weighted by molar-refractivity contribution is 14.0. The first kappa shape index (κ1) is 24.6. The quantitative estimate of drug-likeness (QED) is 0.249. The summed E-state index contributed by atoms with van der Waals surface area (Å²) in [6.45, 7) is 4.35. The van der Waals surface area contributed by atoms with Gasteiger partial charge >= 0.3 is 5.97 Å². The molecule has 1 aliphatic rings. The molecule has 0 bridgehead atoms. The number of carbonyl (C=O) groups excluding carboxylic acids is 1. The molecule has 2 aromatic carbocycles. The number of benzene rings is 2. The summed E-state index contributed by atoms with van der Waals surface area (Å²) in [4.78, 5) is 16.6. The number of aliphatic imine (C=N–C) groups is 1. The normalized spacial score (nSPS) is 12.8. The Kier molecular flexibility index (Phi) is 9.70. The van der Waals surface area contributed by atoms with E-state index >= 15 is 0 Å². The summed E-state index contributed by atoms with van der Waals surface area (Å²) in [5.74, 6) is 2.09. The summed E-state index contributed by atoms with van der Waals surface area (Å²) in [5, 5.41) is 6.49. The van der Waals surface area contributed by atoms with Gasteiger partial charge < -0.3 is 29.6 Å². The van der Waals surface area contributed by atoms with Crippen LogP contribution in [0.2, 0.25) is 0 Å². The summed E-state index contributed by atoms with van der Waals surface area (Å²) in [6.07, 6.45) is 0.858. The number of hydrogen-bond donors (Lipinski definition) is 2. The lowest BCUT2D eigenvalue weighted by Crippen LogP contribution is -2.30. The molecule has 1 aliphatic heterocycles. The minimum absolute atomic E-state index is 0. The second-order valence-electron chi connectivity index (χ2n) is 6.56. The van der Waals surface area contributed by atoms with Crippen molar-refractivity contribution in [3.8, 4) is 17.2 Å². The van der Waals surface area contributed by atoms with Gasteiger partial charge in [-0.05, 0) is 36.8 Å². The van der Waals surface area contributed by atoms with E-state index in [-0.39, 0.29) is 24.0 Å². The third-order valence-electron chi connectivity index (χ3n) is 4.44. The van der Waals surface area contributed by atoms with Gasteiger partial charge in [0.1, 0.15) is 11.3 Å². The zero-order chi connectivity index (χ0) is 21.3. The predicted molar refractivity (Wildman–Crippen MR) is 130 cm³/mol. The zero-order valence-electron chi connectivity index (χ0n) is 17.9. The van der Waals surface area contributed by atoms with Crippen LogP contribution in [-0.2, 0) is 11.3 Å². The van der Waals surface area contributed by atoms with Crippen LogP contribution in [0.4, 0.5) is 5.69 Å². The molecule has 0 unspecified atom stereocenters. The van der Waals surface area contributed by atoms with E-state index in [1.807, 2.05) is 31.2 Å². The molecule has 0 spiro atoms. The molecule has 2 aromatic rings. The van der Waals surface area contributed by atoms with E-state index in [0.717, 1.165) is 23.4 Å². The Morgan fingerprint density at radius 2 is 1.87 bits per heavy atom. The predicted octanol–water partition coefficient (Wildman–Crippen LogP) is 3.84. The highest BCUT2D eigenvalue weighted by atomic mass is 127. The third-order valence-corrected chi connectivity index (χ3v) is 4.44. The molecule has 31 heavy (non-hydrogen) atoms. The second-order valence-corrected chi connectivity index (χ2v) is 6.56. The standard InChI is InChI=1S/C22H27N3O5.HI/c1-4-23-22(25-16-7-9-19-20(13-16)30-11-5-10-29-19)24-14-15-6-8-18(27-2)17(12-15)21(26)28-3;/h6-9,12-13H,4-5,10-11,14H2,1-3H3,(H2,23,24,25);1H. The molecule has 9 heteroatoms.